The van der Waals surface area contributed by atoms with Gasteiger partial charge in [0.15, 0.2) is 0 Å². The fourth-order valence-electron chi connectivity index (χ4n) is 3.50. The Kier molecular flexibility index (Phi) is 6.94. The van der Waals surface area contributed by atoms with Gasteiger partial charge in [0.1, 0.15) is 18.2 Å². The summed E-state index contributed by atoms with van der Waals surface area (Å²) < 4.78 is 19.3. The highest BCUT2D eigenvalue weighted by Crippen LogP contribution is 2.33. The monoisotopic (exact) mass is 440 g/mol. The summed E-state index contributed by atoms with van der Waals surface area (Å²) in [7, 11) is 0. The molecule has 0 bridgehead atoms. The molecule has 0 radical (unpaired) electrons. The molecule has 160 valence electrons. The number of hydroxylamine groups is 1. The van der Waals surface area contributed by atoms with Gasteiger partial charge < -0.3 is 9.64 Å². The van der Waals surface area contributed by atoms with Crippen LogP contribution in [0.5, 0.6) is 5.75 Å². The highest BCUT2D eigenvalue weighted by Gasteiger charge is 2.31. The molecular formula is C23H21FN2O4S. The van der Waals surface area contributed by atoms with Gasteiger partial charge in [-0.05, 0) is 42.0 Å². The highest BCUT2D eigenvalue weighted by atomic mass is 32.1. The number of ether oxygens (including phenoxy) is 1. The zero-order valence-electron chi connectivity index (χ0n) is 16.4. The second kappa shape index (κ2) is 9.63. The number of hydrogen-bond donors (Lipinski definition) is 2. The van der Waals surface area contributed by atoms with Crippen molar-refractivity contribution in [2.75, 3.05) is 6.61 Å². The molecule has 3 aromatic carbocycles. The molecule has 2 amide bonds. The van der Waals surface area contributed by atoms with Crippen LogP contribution in [0, 0.1) is 5.82 Å². The molecule has 4 rings (SSSR count). The van der Waals surface area contributed by atoms with Crippen molar-refractivity contribution >= 4 is 25.3 Å². The van der Waals surface area contributed by atoms with E-state index in [0.29, 0.717) is 11.3 Å². The SMILES string of the molecule is O=C(NO)c1ccc2c(c1)OC[C@H](c1ccccc1)N(C(=O)c1ccc(F)cc1)C2.S. The quantitative estimate of drug-likeness (QED) is 0.479. The van der Waals surface area contributed by atoms with Crippen LogP contribution in [0.2, 0.25) is 0 Å². The summed E-state index contributed by atoms with van der Waals surface area (Å²) in [5.74, 6) is -0.848. The first-order chi connectivity index (χ1) is 14.6. The Morgan fingerprint density at radius 3 is 2.35 bits per heavy atom. The summed E-state index contributed by atoms with van der Waals surface area (Å²) in [5, 5.41) is 8.88. The summed E-state index contributed by atoms with van der Waals surface area (Å²) in [6, 6.07) is 19.3. The zero-order valence-corrected chi connectivity index (χ0v) is 17.4. The molecule has 8 heteroatoms. The molecule has 0 unspecified atom stereocenters. The van der Waals surface area contributed by atoms with E-state index >= 15 is 0 Å². The lowest BCUT2D eigenvalue weighted by Crippen LogP contribution is -2.36. The number of benzene rings is 3. The molecule has 1 aliphatic heterocycles. The number of carbonyl (C=O) groups excluding carboxylic acids is 2. The smallest absolute Gasteiger partial charge is 0.274 e. The van der Waals surface area contributed by atoms with Crippen molar-refractivity contribution in [1.29, 1.82) is 0 Å². The predicted molar refractivity (Wildman–Crippen MR) is 117 cm³/mol. The van der Waals surface area contributed by atoms with Gasteiger partial charge in [0.2, 0.25) is 0 Å². The van der Waals surface area contributed by atoms with Crippen LogP contribution in [-0.4, -0.2) is 28.5 Å². The number of rotatable bonds is 3. The first kappa shape index (κ1) is 22.3. The Bertz CT molecular complexity index is 1080. The summed E-state index contributed by atoms with van der Waals surface area (Å²) in [5.41, 5.74) is 3.83. The Morgan fingerprint density at radius 2 is 1.68 bits per heavy atom. The average molecular weight is 440 g/mol. The third-order valence-corrected chi connectivity index (χ3v) is 5.08. The van der Waals surface area contributed by atoms with E-state index in [1.54, 1.807) is 22.5 Å². The van der Waals surface area contributed by atoms with Crippen LogP contribution in [-0.2, 0) is 6.54 Å². The van der Waals surface area contributed by atoms with Crippen molar-refractivity contribution in [2.45, 2.75) is 12.6 Å². The summed E-state index contributed by atoms with van der Waals surface area (Å²) in [6.07, 6.45) is 0. The van der Waals surface area contributed by atoms with Gasteiger partial charge >= 0.3 is 0 Å². The van der Waals surface area contributed by atoms with Crippen molar-refractivity contribution < 1.29 is 23.9 Å². The number of amides is 2. The molecule has 1 atom stereocenters. The standard InChI is InChI=1S/C23H19FN2O4.H2S/c24-19-10-8-16(9-11-19)23(28)26-13-18-7-6-17(22(27)25-29)12-21(18)30-14-20(26)15-4-2-1-3-5-15;/h1-12,20,29H,13-14H2,(H,25,27);1H2/t20-;/m1./s1. The molecule has 0 saturated carbocycles. The maximum absolute atomic E-state index is 13.3. The third kappa shape index (κ3) is 4.70. The van der Waals surface area contributed by atoms with E-state index in [9.17, 15) is 14.0 Å². The summed E-state index contributed by atoms with van der Waals surface area (Å²) in [4.78, 5) is 26.8. The van der Waals surface area contributed by atoms with Gasteiger partial charge in [-0.15, -0.1) is 0 Å². The number of nitrogens with one attached hydrogen (secondary N) is 1. The number of nitrogens with zero attached hydrogens (tertiary/aromatic N) is 1. The Balaban J connectivity index is 0.00000272. The molecule has 0 saturated heterocycles. The van der Waals surface area contributed by atoms with Crippen LogP contribution in [0.3, 0.4) is 0 Å². The second-order valence-electron chi connectivity index (χ2n) is 6.94. The van der Waals surface area contributed by atoms with Crippen LogP contribution in [0.4, 0.5) is 4.39 Å². The molecule has 31 heavy (non-hydrogen) atoms. The van der Waals surface area contributed by atoms with E-state index in [-0.39, 0.29) is 44.2 Å². The maximum atomic E-state index is 13.3. The topological polar surface area (TPSA) is 78.9 Å². The number of hydrogen-bond acceptors (Lipinski definition) is 4. The Hall–Kier alpha value is -3.36. The molecule has 0 aromatic heterocycles. The van der Waals surface area contributed by atoms with Crippen LogP contribution in [0.1, 0.15) is 37.9 Å². The van der Waals surface area contributed by atoms with Crippen molar-refractivity contribution in [2.24, 2.45) is 0 Å². The van der Waals surface area contributed by atoms with Crippen molar-refractivity contribution in [3.05, 3.63) is 101 Å². The van der Waals surface area contributed by atoms with Crippen molar-refractivity contribution in [1.82, 2.24) is 10.4 Å². The van der Waals surface area contributed by atoms with Gasteiger partial charge in [0, 0.05) is 16.7 Å². The normalized spacial score (nSPS) is 15.0. The molecule has 1 heterocycles. The molecule has 0 spiro atoms. The molecular weight excluding hydrogens is 419 g/mol. The van der Waals surface area contributed by atoms with E-state index in [0.717, 1.165) is 11.1 Å². The van der Waals surface area contributed by atoms with Crippen LogP contribution in [0.15, 0.2) is 72.8 Å². The van der Waals surface area contributed by atoms with Gasteiger partial charge in [-0.1, -0.05) is 36.4 Å². The second-order valence-corrected chi connectivity index (χ2v) is 6.94. The van der Waals surface area contributed by atoms with Crippen molar-refractivity contribution in [3.63, 3.8) is 0 Å². The van der Waals surface area contributed by atoms with E-state index in [4.69, 9.17) is 9.94 Å². The zero-order chi connectivity index (χ0) is 21.1. The average Bonchev–Trinajstić information content (AvgIpc) is 2.98. The number of fused-ring (bicyclic) bond motifs is 1. The van der Waals surface area contributed by atoms with Crippen LogP contribution < -0.4 is 10.2 Å². The fraction of sp³-hybridized carbons (Fsp3) is 0.130. The van der Waals surface area contributed by atoms with Gasteiger partial charge in [-0.25, -0.2) is 9.87 Å². The molecule has 3 aromatic rings. The first-order valence-electron chi connectivity index (χ1n) is 9.38. The maximum Gasteiger partial charge on any atom is 0.274 e. The highest BCUT2D eigenvalue weighted by molar-refractivity contribution is 7.59. The van der Waals surface area contributed by atoms with Gasteiger partial charge in [0.05, 0.1) is 12.6 Å². The number of halogens is 1. The van der Waals surface area contributed by atoms with Crippen LogP contribution >= 0.6 is 13.5 Å². The van der Waals surface area contributed by atoms with Gasteiger partial charge in [-0.3, -0.25) is 14.8 Å². The minimum Gasteiger partial charge on any atom is -0.491 e. The minimum atomic E-state index is -0.649. The molecule has 2 N–H and O–H groups in total. The summed E-state index contributed by atoms with van der Waals surface area (Å²) in [6.45, 7) is 0.417. The van der Waals surface area contributed by atoms with E-state index in [1.165, 1.54) is 30.3 Å². The lowest BCUT2D eigenvalue weighted by Gasteiger charge is -2.29. The fourth-order valence-corrected chi connectivity index (χ4v) is 3.50. The molecule has 6 nitrogen and oxygen atoms in total. The van der Waals surface area contributed by atoms with E-state index in [2.05, 4.69) is 0 Å². The Labute approximate surface area is 185 Å². The van der Waals surface area contributed by atoms with Crippen LogP contribution in [0.25, 0.3) is 0 Å². The Morgan fingerprint density at radius 1 is 1.00 bits per heavy atom. The number of carbonyl (C=O) groups is 2. The summed E-state index contributed by atoms with van der Waals surface area (Å²) >= 11 is 0. The van der Waals surface area contributed by atoms with E-state index in [1.807, 2.05) is 30.3 Å². The molecule has 0 aliphatic carbocycles. The third-order valence-electron chi connectivity index (χ3n) is 5.08. The lowest BCUT2D eigenvalue weighted by atomic mass is 10.0. The van der Waals surface area contributed by atoms with E-state index < -0.39 is 11.7 Å². The van der Waals surface area contributed by atoms with Crippen molar-refractivity contribution in [3.8, 4) is 5.75 Å². The minimum absolute atomic E-state index is 0. The molecule has 0 fully saturated rings. The molecule has 1 aliphatic rings. The van der Waals surface area contributed by atoms with Gasteiger partial charge in [-0.2, -0.15) is 13.5 Å². The van der Waals surface area contributed by atoms with Gasteiger partial charge in [0.25, 0.3) is 11.8 Å². The lowest BCUT2D eigenvalue weighted by molar-refractivity contribution is 0.0621. The first-order valence-corrected chi connectivity index (χ1v) is 9.38. The largest absolute Gasteiger partial charge is 0.491 e. The predicted octanol–water partition coefficient (Wildman–Crippen LogP) is 3.83.